The summed E-state index contributed by atoms with van der Waals surface area (Å²) in [6.07, 6.45) is -4.84. The van der Waals surface area contributed by atoms with Gasteiger partial charge in [-0.15, -0.1) is 5.54 Å². The maximum Gasteiger partial charge on any atom is 0.431 e. The van der Waals surface area contributed by atoms with Crippen LogP contribution in [0.5, 0.6) is 0 Å². The van der Waals surface area contributed by atoms with Crippen LogP contribution in [0.2, 0.25) is 29.7 Å². The van der Waals surface area contributed by atoms with E-state index in [1.54, 1.807) is 0 Å². The second-order valence-electron chi connectivity index (χ2n) is 6.83. The highest BCUT2D eigenvalue weighted by Crippen LogP contribution is 2.29. The van der Waals surface area contributed by atoms with E-state index in [2.05, 4.69) is 11.5 Å². The van der Waals surface area contributed by atoms with Gasteiger partial charge < -0.3 is 0 Å². The molecule has 0 aliphatic heterocycles. The van der Waals surface area contributed by atoms with Gasteiger partial charge in [0.15, 0.2) is 0 Å². The predicted molar refractivity (Wildman–Crippen MR) is 103 cm³/mol. The minimum absolute atomic E-state index is 0.0294. The van der Waals surface area contributed by atoms with E-state index >= 15 is 0 Å². The summed E-state index contributed by atoms with van der Waals surface area (Å²) in [5.74, 6) is 2.92. The summed E-state index contributed by atoms with van der Waals surface area (Å²) in [5.41, 5.74) is -0.299. The van der Waals surface area contributed by atoms with Crippen LogP contribution in [0.15, 0.2) is 27.8 Å². The Hall–Kier alpha value is -1.95. The van der Waals surface area contributed by atoms with Crippen LogP contribution in [0.1, 0.15) is 11.3 Å². The largest absolute Gasteiger partial charge is 0.431 e. The Morgan fingerprint density at radius 2 is 1.63 bits per heavy atom. The zero-order valence-electron chi connectivity index (χ0n) is 14.8. The fourth-order valence-electron chi connectivity index (χ4n) is 2.18. The molecule has 1 aromatic carbocycles. The molecule has 0 aliphatic rings. The second kappa shape index (κ2) is 7.22. The number of nitrogens with zero attached hydrogens (tertiary/aromatic N) is 2. The van der Waals surface area contributed by atoms with E-state index in [0.29, 0.717) is 20.8 Å². The first-order valence-corrected chi connectivity index (χ1v) is 11.9. The van der Waals surface area contributed by atoms with Crippen molar-refractivity contribution >= 4 is 31.3 Å². The average Bonchev–Trinajstić information content (AvgIpc) is 2.50. The fraction of sp³-hybridized carbons (Fsp3) is 0.294. The highest BCUT2D eigenvalue weighted by Gasteiger charge is 2.35. The van der Waals surface area contributed by atoms with Gasteiger partial charge >= 0.3 is 11.9 Å². The molecule has 0 fully saturated rings. The summed E-state index contributed by atoms with van der Waals surface area (Å²) >= 11 is 12.3. The summed E-state index contributed by atoms with van der Waals surface area (Å²) in [6, 6.07) is 2.97. The van der Waals surface area contributed by atoms with Crippen LogP contribution in [0, 0.1) is 11.5 Å². The van der Waals surface area contributed by atoms with Crippen molar-refractivity contribution in [2.24, 2.45) is 7.05 Å². The summed E-state index contributed by atoms with van der Waals surface area (Å²) in [6.45, 7) is 6.11. The maximum atomic E-state index is 13.0. The Balaban J connectivity index is 2.72. The van der Waals surface area contributed by atoms with E-state index in [0.717, 1.165) is 7.05 Å². The predicted octanol–water partition coefficient (Wildman–Crippen LogP) is 4.09. The van der Waals surface area contributed by atoms with Gasteiger partial charge in [-0.25, -0.2) is 9.36 Å². The van der Waals surface area contributed by atoms with Gasteiger partial charge in [-0.2, -0.15) is 13.2 Å². The van der Waals surface area contributed by atoms with E-state index < -0.39 is 31.2 Å². The van der Waals surface area contributed by atoms with E-state index in [1.165, 1.54) is 12.1 Å². The molecule has 0 saturated carbocycles. The van der Waals surface area contributed by atoms with E-state index in [-0.39, 0.29) is 15.7 Å². The number of aromatic nitrogens is 2. The Morgan fingerprint density at radius 1 is 1.04 bits per heavy atom. The third kappa shape index (κ3) is 4.67. The van der Waals surface area contributed by atoms with Gasteiger partial charge in [-0.1, -0.05) is 48.8 Å². The van der Waals surface area contributed by atoms with Crippen LogP contribution in [0.4, 0.5) is 13.2 Å². The highest BCUT2D eigenvalue weighted by atomic mass is 35.5. The highest BCUT2D eigenvalue weighted by molar-refractivity contribution is 6.83. The molecule has 0 atom stereocenters. The second-order valence-corrected chi connectivity index (χ2v) is 12.4. The molecule has 2 rings (SSSR count). The minimum Gasteiger partial charge on any atom is -0.292 e. The molecule has 0 N–H and O–H groups in total. The zero-order valence-corrected chi connectivity index (χ0v) is 17.3. The Bertz CT molecular complexity index is 1090. The van der Waals surface area contributed by atoms with Crippen molar-refractivity contribution < 1.29 is 13.2 Å². The quantitative estimate of drug-likeness (QED) is 0.501. The minimum atomic E-state index is -4.84. The number of hydrogen-bond donors (Lipinski definition) is 0. The topological polar surface area (TPSA) is 44.0 Å². The first kappa shape index (κ1) is 21.3. The Morgan fingerprint density at radius 3 is 2.15 bits per heavy atom. The van der Waals surface area contributed by atoms with Crippen molar-refractivity contribution in [1.82, 2.24) is 9.13 Å². The lowest BCUT2D eigenvalue weighted by atomic mass is 10.2. The van der Waals surface area contributed by atoms with Crippen LogP contribution in [0.3, 0.4) is 0 Å². The number of hydrogen-bond acceptors (Lipinski definition) is 2. The summed E-state index contributed by atoms with van der Waals surface area (Å²) in [4.78, 5) is 24.6. The third-order valence-electron chi connectivity index (χ3n) is 3.46. The molecule has 0 saturated heterocycles. The molecule has 2 aromatic rings. The van der Waals surface area contributed by atoms with E-state index in [9.17, 15) is 22.8 Å². The van der Waals surface area contributed by atoms with Crippen molar-refractivity contribution in [2.45, 2.75) is 25.8 Å². The number of alkyl halides is 3. The fourth-order valence-corrected chi connectivity index (χ4v) is 3.14. The van der Waals surface area contributed by atoms with Crippen LogP contribution < -0.4 is 11.2 Å². The van der Waals surface area contributed by atoms with Crippen molar-refractivity contribution in [2.75, 3.05) is 0 Å². The van der Waals surface area contributed by atoms with Gasteiger partial charge in [0.05, 0.1) is 15.7 Å². The van der Waals surface area contributed by atoms with Crippen molar-refractivity contribution in [3.8, 4) is 17.2 Å². The molecule has 144 valence electrons. The molecular formula is C17H15Cl2F3N2O2Si. The first-order valence-electron chi connectivity index (χ1n) is 7.65. The molecule has 0 aliphatic carbocycles. The van der Waals surface area contributed by atoms with Crippen molar-refractivity contribution in [3.05, 3.63) is 60.3 Å². The Labute approximate surface area is 164 Å². The van der Waals surface area contributed by atoms with Gasteiger partial charge in [0, 0.05) is 18.7 Å². The number of benzene rings is 1. The van der Waals surface area contributed by atoms with Crippen molar-refractivity contribution in [1.29, 1.82) is 0 Å². The molecule has 27 heavy (non-hydrogen) atoms. The lowest BCUT2D eigenvalue weighted by molar-refractivity contribution is -0.144. The van der Waals surface area contributed by atoms with Gasteiger partial charge in [-0.3, -0.25) is 9.36 Å². The van der Waals surface area contributed by atoms with Crippen LogP contribution in [-0.2, 0) is 13.2 Å². The van der Waals surface area contributed by atoms with Gasteiger partial charge in [0.1, 0.15) is 13.8 Å². The molecule has 10 heteroatoms. The first-order chi connectivity index (χ1) is 12.2. The van der Waals surface area contributed by atoms with Gasteiger partial charge in [0.25, 0.3) is 5.56 Å². The molecule has 0 radical (unpaired) electrons. The molecule has 0 unspecified atom stereocenters. The molecule has 1 heterocycles. The normalized spacial score (nSPS) is 11.9. The van der Waals surface area contributed by atoms with Gasteiger partial charge in [0.2, 0.25) is 0 Å². The van der Waals surface area contributed by atoms with Crippen LogP contribution >= 0.6 is 23.2 Å². The summed E-state index contributed by atoms with van der Waals surface area (Å²) in [7, 11) is -0.764. The van der Waals surface area contributed by atoms with Crippen LogP contribution in [-0.4, -0.2) is 17.2 Å². The number of halogens is 5. The molecule has 0 spiro atoms. The summed E-state index contributed by atoms with van der Waals surface area (Å²) < 4.78 is 39.7. The Kier molecular flexibility index (Phi) is 5.71. The zero-order chi connectivity index (χ0) is 20.7. The molecule has 4 nitrogen and oxygen atoms in total. The van der Waals surface area contributed by atoms with Crippen LogP contribution in [0.25, 0.3) is 5.69 Å². The maximum absolute atomic E-state index is 13.0. The lowest BCUT2D eigenvalue weighted by Gasteiger charge is -2.15. The monoisotopic (exact) mass is 434 g/mol. The average molecular weight is 435 g/mol. The van der Waals surface area contributed by atoms with E-state index in [1.807, 2.05) is 19.6 Å². The smallest absolute Gasteiger partial charge is 0.292 e. The third-order valence-corrected chi connectivity index (χ3v) is 4.95. The molecular weight excluding hydrogens is 420 g/mol. The molecule has 0 amide bonds. The summed E-state index contributed by atoms with van der Waals surface area (Å²) in [5, 5.41) is 0.104. The molecule has 0 bridgehead atoms. The lowest BCUT2D eigenvalue weighted by Crippen LogP contribution is -2.40. The van der Waals surface area contributed by atoms with Gasteiger partial charge in [-0.05, 0) is 12.1 Å². The molecule has 1 aromatic heterocycles. The van der Waals surface area contributed by atoms with Crippen molar-refractivity contribution in [3.63, 3.8) is 0 Å². The number of rotatable bonds is 1. The SMILES string of the molecule is Cn1c(C(F)(F)F)cc(=O)n(-c2cc(Cl)c(C#C[Si](C)(C)C)cc2Cl)c1=O. The van der Waals surface area contributed by atoms with E-state index in [4.69, 9.17) is 23.2 Å². The standard InChI is InChI=1S/C17H15Cl2F3N2O2Si/c1-23-14(17(20,21)22)9-15(25)24(16(23)26)13-8-11(18)10(7-12(13)19)5-6-27(2,3)4/h7-9H,1-4H3.